The lowest BCUT2D eigenvalue weighted by Crippen LogP contribution is -2.22. The molecule has 0 spiro atoms. The van der Waals surface area contributed by atoms with E-state index in [0.717, 1.165) is 26.2 Å². The maximum Gasteiger partial charge on any atom is 0.0596 e. The van der Waals surface area contributed by atoms with Gasteiger partial charge in [0, 0.05) is 38.9 Å². The Morgan fingerprint density at radius 3 is 2.15 bits per heavy atom. The highest BCUT2D eigenvalue weighted by Crippen LogP contribution is 2.01. The highest BCUT2D eigenvalue weighted by molar-refractivity contribution is 7.95. The molecule has 0 atom stereocenters. The van der Waals surface area contributed by atoms with Crippen molar-refractivity contribution in [1.29, 1.82) is 0 Å². The highest BCUT2D eigenvalue weighted by Gasteiger charge is 1.96. The summed E-state index contributed by atoms with van der Waals surface area (Å²) in [5, 5.41) is 0. The zero-order valence-corrected chi connectivity index (χ0v) is 9.41. The normalized spacial score (nSPS) is 9.23. The molecular formula is C7H22N2O3S. The Balaban J connectivity index is -0.000000500. The molecule has 0 heterocycles. The molecule has 0 aliphatic heterocycles. The van der Waals surface area contributed by atoms with Crippen molar-refractivity contribution in [3.63, 3.8) is 0 Å². The first-order valence-corrected chi connectivity index (χ1v) is 4.76. The van der Waals surface area contributed by atoms with Crippen LogP contribution in [0.25, 0.3) is 0 Å². The minimum absolute atomic E-state index is 0. The van der Waals surface area contributed by atoms with Crippen molar-refractivity contribution in [2.24, 2.45) is 0 Å². The molecular weight excluding hydrogens is 192 g/mol. The summed E-state index contributed by atoms with van der Waals surface area (Å²) >= 11 is 1.66. The van der Waals surface area contributed by atoms with Gasteiger partial charge in [0.05, 0.1) is 6.61 Å². The standard InChI is InChI=1S/C7H18N2OS.2H2O/c1-4-9(5-2)11-8-6-7-10-3;;/h8H,4-7H2,1-3H3;2*1H2. The number of nitrogens with zero attached hydrogens (tertiary/aromatic N) is 1. The van der Waals surface area contributed by atoms with Gasteiger partial charge in [-0.05, 0) is 0 Å². The molecule has 0 saturated carbocycles. The molecule has 0 bridgehead atoms. The lowest BCUT2D eigenvalue weighted by atomic mass is 10.7. The molecule has 5 nitrogen and oxygen atoms in total. The van der Waals surface area contributed by atoms with E-state index in [2.05, 4.69) is 22.9 Å². The Hall–Kier alpha value is 0.150. The molecule has 0 aliphatic carbocycles. The Labute approximate surface area is 84.7 Å². The van der Waals surface area contributed by atoms with E-state index in [0.29, 0.717) is 0 Å². The van der Waals surface area contributed by atoms with Crippen LogP contribution in [0.3, 0.4) is 0 Å². The van der Waals surface area contributed by atoms with Gasteiger partial charge < -0.3 is 15.7 Å². The summed E-state index contributed by atoms with van der Waals surface area (Å²) in [6.45, 7) is 8.11. The van der Waals surface area contributed by atoms with Crippen LogP contribution in [0.1, 0.15) is 13.8 Å². The van der Waals surface area contributed by atoms with Gasteiger partial charge in [0.2, 0.25) is 0 Å². The van der Waals surface area contributed by atoms with Crippen LogP contribution in [0.4, 0.5) is 0 Å². The van der Waals surface area contributed by atoms with Gasteiger partial charge in [-0.15, -0.1) is 0 Å². The summed E-state index contributed by atoms with van der Waals surface area (Å²) < 4.78 is 10.3. The molecule has 0 saturated heterocycles. The average molecular weight is 214 g/mol. The van der Waals surface area contributed by atoms with E-state index >= 15 is 0 Å². The Kier molecular flexibility index (Phi) is 21.3. The zero-order valence-electron chi connectivity index (χ0n) is 8.59. The molecule has 0 aromatic carbocycles. The molecule has 0 aromatic rings. The van der Waals surface area contributed by atoms with Gasteiger partial charge in [0.25, 0.3) is 0 Å². The van der Waals surface area contributed by atoms with E-state index in [1.54, 1.807) is 19.2 Å². The molecule has 5 N–H and O–H groups in total. The molecule has 0 amide bonds. The highest BCUT2D eigenvalue weighted by atomic mass is 32.2. The Morgan fingerprint density at radius 1 is 1.23 bits per heavy atom. The number of nitrogens with one attached hydrogen (secondary N) is 1. The minimum Gasteiger partial charge on any atom is -0.412 e. The van der Waals surface area contributed by atoms with Crippen LogP contribution in [0, 0.1) is 0 Å². The lowest BCUT2D eigenvalue weighted by Gasteiger charge is -2.16. The molecule has 0 radical (unpaired) electrons. The fraction of sp³-hybridized carbons (Fsp3) is 1.00. The smallest absolute Gasteiger partial charge is 0.0596 e. The lowest BCUT2D eigenvalue weighted by molar-refractivity contribution is 0.205. The van der Waals surface area contributed by atoms with Crippen LogP contribution in [0.5, 0.6) is 0 Å². The van der Waals surface area contributed by atoms with Crippen molar-refractivity contribution in [2.75, 3.05) is 33.4 Å². The van der Waals surface area contributed by atoms with Crippen molar-refractivity contribution in [3.8, 4) is 0 Å². The molecule has 84 valence electrons. The quantitative estimate of drug-likeness (QED) is 0.456. The van der Waals surface area contributed by atoms with Crippen LogP contribution in [0.2, 0.25) is 0 Å². The molecule has 6 heteroatoms. The van der Waals surface area contributed by atoms with Crippen molar-refractivity contribution in [1.82, 2.24) is 9.03 Å². The number of ether oxygens (including phenoxy) is 1. The average Bonchev–Trinajstić information content (AvgIpc) is 2.05. The van der Waals surface area contributed by atoms with Gasteiger partial charge in [-0.1, -0.05) is 13.8 Å². The zero-order chi connectivity index (χ0) is 8.53. The predicted octanol–water partition coefficient (Wildman–Crippen LogP) is -0.522. The molecule has 0 aromatic heterocycles. The van der Waals surface area contributed by atoms with Crippen LogP contribution < -0.4 is 4.72 Å². The summed E-state index contributed by atoms with van der Waals surface area (Å²) in [6, 6.07) is 0. The van der Waals surface area contributed by atoms with Crippen molar-refractivity contribution in [2.45, 2.75) is 13.8 Å². The Morgan fingerprint density at radius 2 is 1.77 bits per heavy atom. The first-order chi connectivity index (χ1) is 5.35. The summed E-state index contributed by atoms with van der Waals surface area (Å²) in [5.74, 6) is 0. The summed E-state index contributed by atoms with van der Waals surface area (Å²) in [5.41, 5.74) is 0. The van der Waals surface area contributed by atoms with E-state index in [-0.39, 0.29) is 11.0 Å². The molecule has 13 heavy (non-hydrogen) atoms. The molecule has 0 rings (SSSR count). The van der Waals surface area contributed by atoms with E-state index < -0.39 is 0 Å². The number of hydrogen-bond donors (Lipinski definition) is 1. The summed E-state index contributed by atoms with van der Waals surface area (Å²) in [6.07, 6.45) is 0. The fourth-order valence-corrected chi connectivity index (χ4v) is 1.25. The molecule has 0 unspecified atom stereocenters. The van der Waals surface area contributed by atoms with Gasteiger partial charge in [-0.2, -0.15) is 0 Å². The first kappa shape index (κ1) is 18.8. The van der Waals surface area contributed by atoms with Crippen molar-refractivity contribution in [3.05, 3.63) is 0 Å². The maximum atomic E-state index is 4.90. The van der Waals surface area contributed by atoms with Gasteiger partial charge in [-0.3, -0.25) is 0 Å². The van der Waals surface area contributed by atoms with E-state index in [1.165, 1.54) is 0 Å². The number of rotatable bonds is 7. The SMILES string of the molecule is CCN(CC)SNCCOC.O.O. The number of hydrogen-bond acceptors (Lipinski definition) is 4. The van der Waals surface area contributed by atoms with E-state index in [4.69, 9.17) is 4.74 Å². The molecule has 0 aliphatic rings. The second kappa shape index (κ2) is 14.7. The second-order valence-electron chi connectivity index (χ2n) is 2.09. The summed E-state index contributed by atoms with van der Waals surface area (Å²) in [4.78, 5) is 0. The minimum atomic E-state index is 0. The topological polar surface area (TPSA) is 87.5 Å². The second-order valence-corrected chi connectivity index (χ2v) is 3.08. The largest absolute Gasteiger partial charge is 0.412 e. The fourth-order valence-electron chi connectivity index (χ4n) is 0.633. The Bertz CT molecular complexity index is 84.1. The van der Waals surface area contributed by atoms with Gasteiger partial charge >= 0.3 is 0 Å². The summed E-state index contributed by atoms with van der Waals surface area (Å²) in [7, 11) is 1.71. The van der Waals surface area contributed by atoms with Gasteiger partial charge in [0.1, 0.15) is 0 Å². The maximum absolute atomic E-state index is 4.90. The third-order valence-electron chi connectivity index (χ3n) is 1.31. The van der Waals surface area contributed by atoms with E-state index in [1.807, 2.05) is 0 Å². The van der Waals surface area contributed by atoms with Crippen LogP contribution in [0.15, 0.2) is 0 Å². The van der Waals surface area contributed by atoms with Crippen molar-refractivity contribution < 1.29 is 15.7 Å². The van der Waals surface area contributed by atoms with Crippen LogP contribution >= 0.6 is 12.1 Å². The predicted molar refractivity (Wildman–Crippen MR) is 57.6 cm³/mol. The molecule has 0 fully saturated rings. The third kappa shape index (κ3) is 12.1. The number of methoxy groups -OCH3 is 1. The van der Waals surface area contributed by atoms with Crippen LogP contribution in [-0.4, -0.2) is 48.6 Å². The van der Waals surface area contributed by atoms with Crippen LogP contribution in [-0.2, 0) is 4.74 Å². The van der Waals surface area contributed by atoms with Gasteiger partial charge in [0.15, 0.2) is 0 Å². The first-order valence-electron chi connectivity index (χ1n) is 3.98. The monoisotopic (exact) mass is 214 g/mol. The van der Waals surface area contributed by atoms with E-state index in [9.17, 15) is 0 Å². The third-order valence-corrected chi connectivity index (χ3v) is 2.42. The van der Waals surface area contributed by atoms with Crippen molar-refractivity contribution >= 4 is 12.1 Å². The van der Waals surface area contributed by atoms with Gasteiger partial charge in [-0.25, -0.2) is 9.03 Å².